The van der Waals surface area contributed by atoms with Crippen molar-refractivity contribution in [3.8, 4) is 0 Å². The average molecular weight is 391 g/mol. The van der Waals surface area contributed by atoms with Crippen LogP contribution in [0.15, 0.2) is 59.5 Å². The highest BCUT2D eigenvalue weighted by atomic mass is 32.2. The van der Waals surface area contributed by atoms with Gasteiger partial charge in [-0.2, -0.15) is 0 Å². The van der Waals surface area contributed by atoms with Crippen LogP contribution in [-0.2, 0) is 19.5 Å². The Bertz CT molecular complexity index is 830. The molecule has 1 unspecified atom stereocenters. The third kappa shape index (κ3) is 4.94. The topological polar surface area (TPSA) is 84.9 Å². The Morgan fingerprint density at radius 3 is 2.30 bits per heavy atom. The summed E-state index contributed by atoms with van der Waals surface area (Å²) in [5.41, 5.74) is 1.80. The zero-order valence-corrected chi connectivity index (χ0v) is 16.1. The van der Waals surface area contributed by atoms with Crippen molar-refractivity contribution in [2.24, 2.45) is 0 Å². The Morgan fingerprint density at radius 1 is 1.07 bits per heavy atom. The van der Waals surface area contributed by atoms with Crippen LogP contribution in [0.3, 0.4) is 0 Å². The van der Waals surface area contributed by atoms with Gasteiger partial charge in [0.2, 0.25) is 10.0 Å². The summed E-state index contributed by atoms with van der Waals surface area (Å²) in [6, 6.07) is 15.5. The monoisotopic (exact) mass is 391 g/mol. The van der Waals surface area contributed by atoms with Crippen molar-refractivity contribution < 1.29 is 23.0 Å². The number of sulfonamides is 1. The van der Waals surface area contributed by atoms with Gasteiger partial charge in [0, 0.05) is 19.4 Å². The maximum absolute atomic E-state index is 12.9. The quantitative estimate of drug-likeness (QED) is 0.722. The zero-order chi connectivity index (χ0) is 19.3. The van der Waals surface area contributed by atoms with Gasteiger partial charge in [0.1, 0.15) is 0 Å². The highest BCUT2D eigenvalue weighted by Gasteiger charge is 2.40. The number of aryl methyl sites for hydroxylation is 1. The van der Waals surface area contributed by atoms with Crippen LogP contribution in [0.2, 0.25) is 0 Å². The van der Waals surface area contributed by atoms with Gasteiger partial charge < -0.3 is 14.6 Å². The number of rotatable bonds is 8. The van der Waals surface area contributed by atoms with Crippen molar-refractivity contribution in [2.75, 3.05) is 19.8 Å². The van der Waals surface area contributed by atoms with Crippen LogP contribution in [-0.4, -0.2) is 39.1 Å². The number of aliphatic hydroxyl groups is 1. The van der Waals surface area contributed by atoms with Crippen molar-refractivity contribution in [2.45, 2.75) is 36.5 Å². The van der Waals surface area contributed by atoms with Crippen LogP contribution in [0.5, 0.6) is 0 Å². The summed E-state index contributed by atoms with van der Waals surface area (Å²) >= 11 is 0. The summed E-state index contributed by atoms with van der Waals surface area (Å²) in [4.78, 5) is 0.207. The Kier molecular flexibility index (Phi) is 6.29. The first-order chi connectivity index (χ1) is 12.9. The minimum atomic E-state index is -3.73. The number of nitrogens with one attached hydrogen (secondary N) is 1. The molecular formula is C20H25NO5S. The number of ether oxygens (including phenoxy) is 2. The molecule has 1 saturated heterocycles. The second-order valence-corrected chi connectivity index (χ2v) is 8.40. The maximum atomic E-state index is 12.9. The molecule has 0 aromatic heterocycles. The molecule has 6 nitrogen and oxygen atoms in total. The summed E-state index contributed by atoms with van der Waals surface area (Å²) < 4.78 is 40.1. The maximum Gasteiger partial charge on any atom is 0.241 e. The molecule has 2 aromatic rings. The summed E-state index contributed by atoms with van der Waals surface area (Å²) in [6.07, 6.45) is 0.547. The highest BCUT2D eigenvalue weighted by molar-refractivity contribution is 7.89. The predicted molar refractivity (Wildman–Crippen MR) is 102 cm³/mol. The fourth-order valence-corrected chi connectivity index (χ4v) is 4.45. The molecular weight excluding hydrogens is 366 g/mol. The molecule has 1 fully saturated rings. The lowest BCUT2D eigenvalue weighted by atomic mass is 9.97. The highest BCUT2D eigenvalue weighted by Crippen LogP contribution is 2.34. The SMILES string of the molecule is Cc1ccc(S(=O)(=O)NC(CC2(CCO)OCCO2)c2ccccc2)cc1. The molecule has 146 valence electrons. The molecule has 0 aliphatic carbocycles. The van der Waals surface area contributed by atoms with Crippen LogP contribution in [0.1, 0.15) is 30.0 Å². The summed E-state index contributed by atoms with van der Waals surface area (Å²) in [5, 5.41) is 9.41. The standard InChI is InChI=1S/C20H25NO5S/c1-16-7-9-18(10-8-16)27(23,24)21-19(17-5-3-2-4-6-17)15-20(11-12-22)25-13-14-26-20/h2-10,19,21-22H,11-15H2,1H3. The molecule has 0 amide bonds. The molecule has 1 aliphatic rings. The molecule has 7 heteroatoms. The summed E-state index contributed by atoms with van der Waals surface area (Å²) in [7, 11) is -3.73. The number of hydrogen-bond acceptors (Lipinski definition) is 5. The molecule has 1 atom stereocenters. The van der Waals surface area contributed by atoms with E-state index in [2.05, 4.69) is 4.72 Å². The van der Waals surface area contributed by atoms with E-state index in [4.69, 9.17) is 9.47 Å². The number of benzene rings is 2. The van der Waals surface area contributed by atoms with E-state index in [1.165, 1.54) is 0 Å². The molecule has 1 aliphatic heterocycles. The molecule has 0 saturated carbocycles. The van der Waals surface area contributed by atoms with Gasteiger partial charge in [-0.15, -0.1) is 0 Å². The summed E-state index contributed by atoms with van der Waals surface area (Å²) in [6.45, 7) is 2.65. The predicted octanol–water partition coefficient (Wildman–Crippen LogP) is 2.53. The second-order valence-electron chi connectivity index (χ2n) is 6.68. The minimum absolute atomic E-state index is 0.105. The molecule has 27 heavy (non-hydrogen) atoms. The van der Waals surface area contributed by atoms with Crippen LogP contribution < -0.4 is 4.72 Å². The summed E-state index contributed by atoms with van der Waals surface area (Å²) in [5.74, 6) is -0.995. The first-order valence-corrected chi connectivity index (χ1v) is 10.5. The first kappa shape index (κ1) is 20.0. The van der Waals surface area contributed by atoms with Gasteiger partial charge >= 0.3 is 0 Å². The fourth-order valence-electron chi connectivity index (χ4n) is 3.23. The normalized spacial score (nSPS) is 17.7. The third-order valence-electron chi connectivity index (χ3n) is 4.65. The van der Waals surface area contributed by atoms with Gasteiger partial charge in [0.15, 0.2) is 5.79 Å². The van der Waals surface area contributed by atoms with E-state index in [0.29, 0.717) is 13.2 Å². The lowest BCUT2D eigenvalue weighted by Crippen LogP contribution is -2.39. The molecule has 2 aromatic carbocycles. The molecule has 1 heterocycles. The van der Waals surface area contributed by atoms with Crippen molar-refractivity contribution >= 4 is 10.0 Å². The molecule has 0 radical (unpaired) electrons. The average Bonchev–Trinajstić information content (AvgIpc) is 3.11. The van der Waals surface area contributed by atoms with Crippen LogP contribution in [0.4, 0.5) is 0 Å². The van der Waals surface area contributed by atoms with Gasteiger partial charge in [-0.05, 0) is 24.6 Å². The van der Waals surface area contributed by atoms with E-state index < -0.39 is 21.9 Å². The molecule has 0 bridgehead atoms. The Balaban J connectivity index is 1.89. The van der Waals surface area contributed by atoms with Gasteiger partial charge in [0.25, 0.3) is 0 Å². The first-order valence-electron chi connectivity index (χ1n) is 8.97. The fraction of sp³-hybridized carbons (Fsp3) is 0.400. The lowest BCUT2D eigenvalue weighted by molar-refractivity contribution is -0.175. The van der Waals surface area contributed by atoms with Gasteiger partial charge in [-0.25, -0.2) is 13.1 Å². The third-order valence-corrected chi connectivity index (χ3v) is 6.14. The molecule has 2 N–H and O–H groups in total. The van der Waals surface area contributed by atoms with E-state index in [-0.39, 0.29) is 24.3 Å². The molecule has 0 spiro atoms. The van der Waals surface area contributed by atoms with Crippen LogP contribution in [0.25, 0.3) is 0 Å². The Hall–Kier alpha value is -1.77. The van der Waals surface area contributed by atoms with Gasteiger partial charge in [-0.3, -0.25) is 0 Å². The van der Waals surface area contributed by atoms with E-state index in [1.807, 2.05) is 37.3 Å². The largest absolute Gasteiger partial charge is 0.396 e. The van der Waals surface area contributed by atoms with E-state index in [0.717, 1.165) is 11.1 Å². The second kappa shape index (κ2) is 8.50. The van der Waals surface area contributed by atoms with Crippen molar-refractivity contribution in [3.63, 3.8) is 0 Å². The van der Waals surface area contributed by atoms with E-state index >= 15 is 0 Å². The van der Waals surface area contributed by atoms with Crippen molar-refractivity contribution in [1.29, 1.82) is 0 Å². The van der Waals surface area contributed by atoms with Crippen LogP contribution >= 0.6 is 0 Å². The van der Waals surface area contributed by atoms with E-state index in [1.54, 1.807) is 24.3 Å². The zero-order valence-electron chi connectivity index (χ0n) is 15.3. The van der Waals surface area contributed by atoms with Crippen molar-refractivity contribution in [3.05, 3.63) is 65.7 Å². The van der Waals surface area contributed by atoms with Crippen molar-refractivity contribution in [1.82, 2.24) is 4.72 Å². The van der Waals surface area contributed by atoms with Gasteiger partial charge in [0.05, 0.1) is 24.2 Å². The molecule has 3 rings (SSSR count). The number of aliphatic hydroxyl groups excluding tert-OH is 1. The number of hydrogen-bond donors (Lipinski definition) is 2. The smallest absolute Gasteiger partial charge is 0.241 e. The Morgan fingerprint density at radius 2 is 1.70 bits per heavy atom. The van der Waals surface area contributed by atoms with Crippen LogP contribution in [0, 0.1) is 6.92 Å². The van der Waals surface area contributed by atoms with Gasteiger partial charge in [-0.1, -0.05) is 48.0 Å². The minimum Gasteiger partial charge on any atom is -0.396 e. The van der Waals surface area contributed by atoms with E-state index in [9.17, 15) is 13.5 Å². The Labute approximate surface area is 160 Å². The lowest BCUT2D eigenvalue weighted by Gasteiger charge is -2.31.